The number of aromatic nitrogens is 4. The van der Waals surface area contributed by atoms with E-state index in [4.69, 9.17) is 10.5 Å². The maximum atomic E-state index is 12.3. The Morgan fingerprint density at radius 1 is 1.10 bits per heavy atom. The van der Waals surface area contributed by atoms with Crippen LogP contribution < -0.4 is 16.4 Å². The molecule has 210 valence electrons. The van der Waals surface area contributed by atoms with E-state index >= 15 is 0 Å². The maximum absolute atomic E-state index is 12.3. The monoisotopic (exact) mass is 546 g/mol. The highest BCUT2D eigenvalue weighted by Gasteiger charge is 2.44. The predicted octanol–water partition coefficient (Wildman–Crippen LogP) is 2.15. The maximum Gasteiger partial charge on any atom is 0.319 e. The van der Waals surface area contributed by atoms with Crippen molar-refractivity contribution in [3.8, 4) is 11.1 Å². The molecule has 2 aromatic heterocycles. The van der Waals surface area contributed by atoms with Crippen LogP contribution in [0.5, 0.6) is 0 Å². The number of aliphatic hydroxyl groups is 2. The van der Waals surface area contributed by atoms with E-state index in [-0.39, 0.29) is 11.8 Å². The van der Waals surface area contributed by atoms with E-state index < -0.39 is 24.5 Å². The second kappa shape index (κ2) is 12.0. The van der Waals surface area contributed by atoms with E-state index in [2.05, 4.69) is 50.7 Å². The lowest BCUT2D eigenvalue weighted by Gasteiger charge is -2.22. The molecule has 5 rings (SSSR count). The topological polar surface area (TPSA) is 164 Å². The third-order valence-electron chi connectivity index (χ3n) is 6.99. The molecule has 6 N–H and O–H groups in total. The molecule has 1 saturated heterocycles. The molecule has 1 fully saturated rings. The molecular weight excluding hydrogens is 512 g/mol. The minimum Gasteiger partial charge on any atom is -0.387 e. The summed E-state index contributed by atoms with van der Waals surface area (Å²) < 4.78 is 7.56. The number of aryl methyl sites for hydroxylation is 1. The SMILES string of the molecule is Cc1cccc(-c2ccc(NC(=O)NCCCN(C)C[C@H]3O[C@@H](n4cnc5c(N)ncnc54)[C@H](O)[C@@H]3O)cc2)c1. The fourth-order valence-corrected chi connectivity index (χ4v) is 4.86. The van der Waals surface area contributed by atoms with Gasteiger partial charge in [-0.1, -0.05) is 42.0 Å². The molecule has 0 saturated carbocycles. The summed E-state index contributed by atoms with van der Waals surface area (Å²) in [6.07, 6.45) is -0.265. The first-order valence-electron chi connectivity index (χ1n) is 13.2. The van der Waals surface area contributed by atoms with Crippen LogP contribution in [0.3, 0.4) is 0 Å². The van der Waals surface area contributed by atoms with Crippen molar-refractivity contribution in [2.45, 2.75) is 37.9 Å². The number of urea groups is 1. The summed E-state index contributed by atoms with van der Waals surface area (Å²) in [6.45, 7) is 3.57. The van der Waals surface area contributed by atoms with Gasteiger partial charge in [0.2, 0.25) is 0 Å². The number of imidazole rings is 1. The van der Waals surface area contributed by atoms with E-state index in [0.29, 0.717) is 42.9 Å². The zero-order valence-electron chi connectivity index (χ0n) is 22.4. The molecule has 0 aliphatic carbocycles. The summed E-state index contributed by atoms with van der Waals surface area (Å²) in [4.78, 5) is 26.6. The molecule has 4 aromatic rings. The van der Waals surface area contributed by atoms with Crippen LogP contribution in [-0.4, -0.2) is 85.7 Å². The van der Waals surface area contributed by atoms with Crippen molar-refractivity contribution >= 4 is 28.7 Å². The lowest BCUT2D eigenvalue weighted by molar-refractivity contribution is -0.0421. The summed E-state index contributed by atoms with van der Waals surface area (Å²) in [7, 11) is 1.90. The zero-order chi connectivity index (χ0) is 28.2. The van der Waals surface area contributed by atoms with E-state index in [0.717, 1.165) is 11.1 Å². The Bertz CT molecular complexity index is 1460. The number of fused-ring (bicyclic) bond motifs is 1. The third kappa shape index (κ3) is 6.05. The fourth-order valence-electron chi connectivity index (χ4n) is 4.86. The van der Waals surface area contributed by atoms with Gasteiger partial charge in [0.05, 0.1) is 6.33 Å². The van der Waals surface area contributed by atoms with Gasteiger partial charge in [0.1, 0.15) is 30.2 Å². The quantitative estimate of drug-likeness (QED) is 0.198. The van der Waals surface area contributed by atoms with Gasteiger partial charge in [-0.25, -0.2) is 19.7 Å². The number of nitrogens with one attached hydrogen (secondary N) is 2. The summed E-state index contributed by atoms with van der Waals surface area (Å²) >= 11 is 0. The van der Waals surface area contributed by atoms with Gasteiger partial charge in [-0.15, -0.1) is 0 Å². The Morgan fingerprint density at radius 2 is 1.90 bits per heavy atom. The van der Waals surface area contributed by atoms with Crippen LogP contribution in [0.4, 0.5) is 16.3 Å². The Morgan fingerprint density at radius 3 is 2.67 bits per heavy atom. The molecule has 40 heavy (non-hydrogen) atoms. The van der Waals surface area contributed by atoms with Crippen LogP contribution in [0.25, 0.3) is 22.3 Å². The number of amides is 2. The van der Waals surface area contributed by atoms with Crippen LogP contribution in [0.1, 0.15) is 18.2 Å². The molecule has 0 bridgehead atoms. The van der Waals surface area contributed by atoms with Crippen molar-refractivity contribution in [2.24, 2.45) is 0 Å². The average molecular weight is 547 g/mol. The van der Waals surface area contributed by atoms with E-state index in [9.17, 15) is 15.0 Å². The van der Waals surface area contributed by atoms with E-state index in [1.54, 1.807) is 4.57 Å². The van der Waals surface area contributed by atoms with Crippen molar-refractivity contribution in [1.82, 2.24) is 29.7 Å². The van der Waals surface area contributed by atoms with Gasteiger partial charge in [-0.2, -0.15) is 0 Å². The molecule has 12 heteroatoms. The number of benzene rings is 2. The highest BCUT2D eigenvalue weighted by atomic mass is 16.6. The molecule has 0 radical (unpaired) electrons. The number of anilines is 2. The molecule has 3 heterocycles. The van der Waals surface area contributed by atoms with Crippen molar-refractivity contribution in [3.63, 3.8) is 0 Å². The van der Waals surface area contributed by atoms with E-state index in [1.807, 2.05) is 42.3 Å². The van der Waals surface area contributed by atoms with Crippen LogP contribution in [0.15, 0.2) is 61.2 Å². The van der Waals surface area contributed by atoms with Crippen LogP contribution in [-0.2, 0) is 4.74 Å². The van der Waals surface area contributed by atoms with Gasteiger partial charge in [-0.3, -0.25) is 4.57 Å². The Balaban J connectivity index is 1.05. The first kappa shape index (κ1) is 27.5. The van der Waals surface area contributed by atoms with Crippen molar-refractivity contribution in [2.75, 3.05) is 37.7 Å². The number of nitrogen functional groups attached to an aromatic ring is 1. The smallest absolute Gasteiger partial charge is 0.319 e. The van der Waals surface area contributed by atoms with Crippen molar-refractivity contribution in [3.05, 3.63) is 66.7 Å². The molecule has 12 nitrogen and oxygen atoms in total. The highest BCUT2D eigenvalue weighted by molar-refractivity contribution is 5.89. The number of nitrogens with two attached hydrogens (primary N) is 1. The Labute approximate surface area is 231 Å². The van der Waals surface area contributed by atoms with E-state index in [1.165, 1.54) is 18.2 Å². The molecule has 0 unspecified atom stereocenters. The van der Waals surface area contributed by atoms with Crippen molar-refractivity contribution < 1.29 is 19.7 Å². The van der Waals surface area contributed by atoms with Gasteiger partial charge in [0.15, 0.2) is 17.7 Å². The summed E-state index contributed by atoms with van der Waals surface area (Å²) in [6, 6.07) is 15.7. The molecule has 1 aliphatic heterocycles. The number of carbonyl (C=O) groups excluding carboxylic acids is 1. The fraction of sp³-hybridized carbons (Fsp3) is 0.357. The number of hydrogen-bond donors (Lipinski definition) is 5. The third-order valence-corrected chi connectivity index (χ3v) is 6.99. The second-order valence-corrected chi connectivity index (χ2v) is 10.1. The average Bonchev–Trinajstić information content (AvgIpc) is 3.49. The van der Waals surface area contributed by atoms with Gasteiger partial charge in [0.25, 0.3) is 0 Å². The molecule has 1 aliphatic rings. The van der Waals surface area contributed by atoms with Crippen LogP contribution in [0.2, 0.25) is 0 Å². The number of carbonyl (C=O) groups is 1. The highest BCUT2D eigenvalue weighted by Crippen LogP contribution is 2.32. The van der Waals surface area contributed by atoms with Crippen LogP contribution in [0, 0.1) is 6.92 Å². The normalized spacial score (nSPS) is 20.7. The Kier molecular flexibility index (Phi) is 8.21. The molecule has 2 amide bonds. The summed E-state index contributed by atoms with van der Waals surface area (Å²) in [5.74, 6) is 0.228. The number of rotatable bonds is 9. The standard InChI is InChI=1S/C28H34N8O4/c1-17-5-3-6-19(13-17)18-7-9-20(10-8-18)34-28(39)30-11-4-12-35(2)14-21-23(37)24(38)27(40-21)36-16-33-22-25(29)31-15-32-26(22)36/h3,5-10,13,15-16,21,23-24,27,37-38H,4,11-12,14H2,1-2H3,(H2,29,31,32)(H2,30,34,39)/t21-,23-,24-,27-/m1/s1. The van der Waals surface area contributed by atoms with Gasteiger partial charge in [-0.05, 0) is 50.2 Å². The molecule has 2 aromatic carbocycles. The van der Waals surface area contributed by atoms with Gasteiger partial charge in [0, 0.05) is 18.8 Å². The van der Waals surface area contributed by atoms with Gasteiger partial charge < -0.3 is 36.2 Å². The summed E-state index contributed by atoms with van der Waals surface area (Å²) in [5, 5.41) is 27.0. The lowest BCUT2D eigenvalue weighted by Crippen LogP contribution is -2.39. The predicted molar refractivity (Wildman–Crippen MR) is 151 cm³/mol. The molecule has 4 atom stereocenters. The number of hydrogen-bond acceptors (Lipinski definition) is 9. The lowest BCUT2D eigenvalue weighted by atomic mass is 10.0. The summed E-state index contributed by atoms with van der Waals surface area (Å²) in [5.41, 5.74) is 10.8. The number of ether oxygens (including phenoxy) is 1. The molecular formula is C28H34N8O4. The van der Waals surface area contributed by atoms with Gasteiger partial charge >= 0.3 is 6.03 Å². The first-order valence-corrected chi connectivity index (χ1v) is 13.2. The zero-order valence-corrected chi connectivity index (χ0v) is 22.4. The number of nitrogens with zero attached hydrogens (tertiary/aromatic N) is 5. The molecule has 0 spiro atoms. The minimum atomic E-state index is -1.16. The minimum absolute atomic E-state index is 0.228. The second-order valence-electron chi connectivity index (χ2n) is 10.1. The first-order chi connectivity index (χ1) is 19.3. The van der Waals surface area contributed by atoms with Crippen LogP contribution >= 0.6 is 0 Å². The largest absolute Gasteiger partial charge is 0.387 e. The Hall–Kier alpha value is -4.10. The van der Waals surface area contributed by atoms with Crippen molar-refractivity contribution in [1.29, 1.82) is 0 Å². The number of likely N-dealkylation sites (N-methyl/N-ethyl adjacent to an activating group) is 1. The number of aliphatic hydroxyl groups excluding tert-OH is 2.